The third-order valence-corrected chi connectivity index (χ3v) is 2.25. The van der Waals surface area contributed by atoms with Gasteiger partial charge in [-0.3, -0.25) is 0 Å². The van der Waals surface area contributed by atoms with Crippen molar-refractivity contribution in [2.45, 2.75) is 25.1 Å². The predicted molar refractivity (Wildman–Crippen MR) is 37.8 cm³/mol. The van der Waals surface area contributed by atoms with Gasteiger partial charge in [0.15, 0.2) is 0 Å². The summed E-state index contributed by atoms with van der Waals surface area (Å²) in [6.07, 6.45) is -0.115. The number of hydrogen-bond donors (Lipinski definition) is 1. The molecule has 0 aliphatic carbocycles. The quantitative estimate of drug-likeness (QED) is 0.590. The molecule has 2 nitrogen and oxygen atoms in total. The van der Waals surface area contributed by atoms with Crippen LogP contribution in [-0.4, -0.2) is 32.0 Å². The average Bonchev–Trinajstić information content (AvgIpc) is 1.96. The van der Waals surface area contributed by atoms with Crippen LogP contribution in [0.1, 0.15) is 13.3 Å². The van der Waals surface area contributed by atoms with Crippen LogP contribution >= 0.6 is 0 Å². The highest BCUT2D eigenvalue weighted by Gasteiger charge is 2.36. The Morgan fingerprint density at radius 3 is 2.80 bits per heavy atom. The van der Waals surface area contributed by atoms with Gasteiger partial charge in [-0.2, -0.15) is 0 Å². The minimum absolute atomic E-state index is 0.421. The van der Waals surface area contributed by atoms with Gasteiger partial charge >= 0.3 is 0 Å². The number of nitrogens with one attached hydrogen (secondary N) is 1. The molecule has 2 atom stereocenters. The van der Waals surface area contributed by atoms with Crippen molar-refractivity contribution < 1.29 is 9.13 Å². The lowest BCUT2D eigenvalue weighted by molar-refractivity contribution is -0.0729. The second-order valence-corrected chi connectivity index (χ2v) is 2.94. The fourth-order valence-corrected chi connectivity index (χ4v) is 1.17. The molecule has 0 bridgehead atoms. The van der Waals surface area contributed by atoms with Crippen molar-refractivity contribution >= 4 is 0 Å². The first kappa shape index (κ1) is 7.95. The standard InChI is InChI=1S/C7H14FNO/c1-7(10-2)3-4-9-5-6(7)8/h6,9H,3-5H2,1-2H3/t6-,7+/m1/s1. The number of methoxy groups -OCH3 is 1. The van der Waals surface area contributed by atoms with Crippen LogP contribution < -0.4 is 5.32 Å². The van der Waals surface area contributed by atoms with Crippen molar-refractivity contribution in [2.75, 3.05) is 20.2 Å². The summed E-state index contributed by atoms with van der Waals surface area (Å²) in [5, 5.41) is 2.97. The van der Waals surface area contributed by atoms with Crippen LogP contribution in [0.3, 0.4) is 0 Å². The lowest BCUT2D eigenvalue weighted by Crippen LogP contribution is -2.51. The zero-order valence-corrected chi connectivity index (χ0v) is 6.48. The Labute approximate surface area is 60.8 Å². The number of alkyl halides is 1. The maximum Gasteiger partial charge on any atom is 0.141 e. The molecular weight excluding hydrogens is 133 g/mol. The van der Waals surface area contributed by atoms with E-state index in [1.165, 1.54) is 0 Å². The molecule has 60 valence electrons. The summed E-state index contributed by atoms with van der Waals surface area (Å²) in [7, 11) is 1.57. The van der Waals surface area contributed by atoms with Gasteiger partial charge in [0.05, 0.1) is 5.60 Å². The lowest BCUT2D eigenvalue weighted by atomic mass is 9.93. The molecule has 0 saturated carbocycles. The molecule has 10 heavy (non-hydrogen) atoms. The van der Waals surface area contributed by atoms with Crippen LogP contribution in [0.5, 0.6) is 0 Å². The van der Waals surface area contributed by atoms with Crippen LogP contribution in [0.4, 0.5) is 4.39 Å². The molecule has 0 aromatic heterocycles. The SMILES string of the molecule is CO[C@@]1(C)CCNC[C@H]1F. The normalized spacial score (nSPS) is 41.7. The van der Waals surface area contributed by atoms with Gasteiger partial charge < -0.3 is 10.1 Å². The van der Waals surface area contributed by atoms with E-state index in [9.17, 15) is 4.39 Å². The summed E-state index contributed by atoms with van der Waals surface area (Å²) in [6, 6.07) is 0. The summed E-state index contributed by atoms with van der Waals surface area (Å²) in [6.45, 7) is 3.09. The van der Waals surface area contributed by atoms with Crippen molar-refractivity contribution in [3.05, 3.63) is 0 Å². The van der Waals surface area contributed by atoms with Gasteiger partial charge in [0.1, 0.15) is 6.17 Å². The van der Waals surface area contributed by atoms with Gasteiger partial charge in [0.2, 0.25) is 0 Å². The third-order valence-electron chi connectivity index (χ3n) is 2.25. The Morgan fingerprint density at radius 2 is 2.40 bits per heavy atom. The number of halogens is 1. The average molecular weight is 147 g/mol. The van der Waals surface area contributed by atoms with E-state index in [2.05, 4.69) is 5.32 Å². The van der Waals surface area contributed by atoms with Crippen LogP contribution in [0.25, 0.3) is 0 Å². The fourth-order valence-electron chi connectivity index (χ4n) is 1.17. The van der Waals surface area contributed by atoms with Crippen LogP contribution in [0.15, 0.2) is 0 Å². The van der Waals surface area contributed by atoms with Gasteiger partial charge in [-0.15, -0.1) is 0 Å². The van der Waals surface area contributed by atoms with E-state index in [0.717, 1.165) is 13.0 Å². The highest BCUT2D eigenvalue weighted by atomic mass is 19.1. The molecule has 0 aromatic carbocycles. The Morgan fingerprint density at radius 1 is 1.70 bits per heavy atom. The second kappa shape index (κ2) is 2.84. The van der Waals surface area contributed by atoms with Crippen molar-refractivity contribution in [1.82, 2.24) is 5.32 Å². The van der Waals surface area contributed by atoms with Crippen molar-refractivity contribution in [1.29, 1.82) is 0 Å². The summed E-state index contributed by atoms with van der Waals surface area (Å²) in [5.74, 6) is 0. The highest BCUT2D eigenvalue weighted by molar-refractivity contribution is 4.89. The van der Waals surface area contributed by atoms with Gasteiger partial charge in [0, 0.05) is 13.7 Å². The number of rotatable bonds is 1. The molecule has 0 spiro atoms. The van der Waals surface area contributed by atoms with E-state index in [1.54, 1.807) is 7.11 Å². The molecular formula is C7H14FNO. The summed E-state index contributed by atoms with van der Waals surface area (Å²) in [4.78, 5) is 0. The highest BCUT2D eigenvalue weighted by Crippen LogP contribution is 2.23. The van der Waals surface area contributed by atoms with Crippen LogP contribution in [0, 0.1) is 0 Å². The molecule has 0 radical (unpaired) electrons. The number of ether oxygens (including phenoxy) is 1. The minimum Gasteiger partial charge on any atom is -0.375 e. The van der Waals surface area contributed by atoms with E-state index >= 15 is 0 Å². The lowest BCUT2D eigenvalue weighted by Gasteiger charge is -2.35. The Bertz CT molecular complexity index is 120. The van der Waals surface area contributed by atoms with Gasteiger partial charge in [-0.1, -0.05) is 0 Å². The molecule has 1 heterocycles. The van der Waals surface area contributed by atoms with Gasteiger partial charge in [-0.05, 0) is 19.9 Å². The van der Waals surface area contributed by atoms with E-state index in [1.807, 2.05) is 6.92 Å². The van der Waals surface area contributed by atoms with E-state index in [4.69, 9.17) is 4.74 Å². The molecule has 1 fully saturated rings. The molecule has 0 unspecified atom stereocenters. The fraction of sp³-hybridized carbons (Fsp3) is 1.00. The number of hydrogen-bond acceptors (Lipinski definition) is 2. The van der Waals surface area contributed by atoms with Crippen molar-refractivity contribution in [2.24, 2.45) is 0 Å². The second-order valence-electron chi connectivity index (χ2n) is 2.94. The summed E-state index contributed by atoms with van der Waals surface area (Å²) >= 11 is 0. The zero-order valence-electron chi connectivity index (χ0n) is 6.48. The Balaban J connectivity index is 2.54. The molecule has 0 amide bonds. The zero-order chi connectivity index (χ0) is 7.61. The summed E-state index contributed by atoms with van der Waals surface area (Å²) < 4.78 is 18.1. The molecule has 0 aromatic rings. The third kappa shape index (κ3) is 1.30. The topological polar surface area (TPSA) is 21.3 Å². The molecule has 1 N–H and O–H groups in total. The molecule has 1 aliphatic rings. The first-order chi connectivity index (χ1) is 4.69. The van der Waals surface area contributed by atoms with Crippen molar-refractivity contribution in [3.63, 3.8) is 0 Å². The smallest absolute Gasteiger partial charge is 0.141 e. The van der Waals surface area contributed by atoms with Crippen LogP contribution in [-0.2, 0) is 4.74 Å². The van der Waals surface area contributed by atoms with Crippen LogP contribution in [0.2, 0.25) is 0 Å². The molecule has 1 rings (SSSR count). The molecule has 3 heteroatoms. The van der Waals surface area contributed by atoms with Gasteiger partial charge in [0.25, 0.3) is 0 Å². The van der Waals surface area contributed by atoms with Crippen molar-refractivity contribution in [3.8, 4) is 0 Å². The Hall–Kier alpha value is -0.150. The van der Waals surface area contributed by atoms with E-state index in [-0.39, 0.29) is 0 Å². The monoisotopic (exact) mass is 147 g/mol. The van der Waals surface area contributed by atoms with E-state index in [0.29, 0.717) is 6.54 Å². The van der Waals surface area contributed by atoms with E-state index < -0.39 is 11.8 Å². The first-order valence-corrected chi connectivity index (χ1v) is 3.59. The largest absolute Gasteiger partial charge is 0.375 e. The minimum atomic E-state index is -0.869. The molecule has 1 aliphatic heterocycles. The predicted octanol–water partition coefficient (Wildman–Crippen LogP) is 0.723. The Kier molecular flexibility index (Phi) is 2.26. The van der Waals surface area contributed by atoms with Gasteiger partial charge in [-0.25, -0.2) is 4.39 Å². The maximum atomic E-state index is 13.0. The summed E-state index contributed by atoms with van der Waals surface area (Å²) in [5.41, 5.74) is -0.550. The molecule has 1 saturated heterocycles. The first-order valence-electron chi connectivity index (χ1n) is 3.59. The number of piperidine rings is 1. The maximum absolute atomic E-state index is 13.0.